The van der Waals surface area contributed by atoms with Crippen LogP contribution in [0.2, 0.25) is 0 Å². The maximum absolute atomic E-state index is 14.1. The van der Waals surface area contributed by atoms with Gasteiger partial charge in [-0.3, -0.25) is 9.59 Å². The number of methoxy groups -OCH3 is 1. The van der Waals surface area contributed by atoms with E-state index in [1.54, 1.807) is 35.2 Å². The molecule has 16 heteroatoms. The molecule has 0 spiro atoms. The smallest absolute Gasteiger partial charge is 0.288 e. The predicted octanol–water partition coefficient (Wildman–Crippen LogP) is 2.12. The van der Waals surface area contributed by atoms with Crippen LogP contribution in [0.5, 0.6) is 5.75 Å². The average molecular weight is 747 g/mol. The fourth-order valence-electron chi connectivity index (χ4n) is 5.70. The Morgan fingerprint density at radius 2 is 1.54 bits per heavy atom. The molecule has 3 aromatic rings. The molecule has 284 valence electrons. The Bertz CT molecular complexity index is 1760. The zero-order valence-electron chi connectivity index (χ0n) is 29.2. The summed E-state index contributed by atoms with van der Waals surface area (Å²) in [5, 5.41) is 10.1. The quantitative estimate of drug-likeness (QED) is 0.303. The van der Waals surface area contributed by atoms with Crippen molar-refractivity contribution >= 4 is 26.9 Å². The summed E-state index contributed by atoms with van der Waals surface area (Å²) < 4.78 is 73.5. The monoisotopic (exact) mass is 746 g/mol. The van der Waals surface area contributed by atoms with E-state index in [-0.39, 0.29) is 68.5 Å². The van der Waals surface area contributed by atoms with Gasteiger partial charge in [-0.2, -0.15) is 4.31 Å². The number of benzene rings is 2. The number of fused-ring (bicyclic) bond motifs is 1. The van der Waals surface area contributed by atoms with Crippen molar-refractivity contribution in [1.82, 2.24) is 9.21 Å². The minimum Gasteiger partial charge on any atom is -0.497 e. The highest BCUT2D eigenvalue weighted by atomic mass is 32.2. The summed E-state index contributed by atoms with van der Waals surface area (Å²) >= 11 is 0. The van der Waals surface area contributed by atoms with E-state index in [1.807, 2.05) is 0 Å². The number of hydrogen-bond acceptors (Lipinski definition) is 13. The molecular weight excluding hydrogens is 700 g/mol. The molecule has 0 bridgehead atoms. The van der Waals surface area contributed by atoms with Gasteiger partial charge in [0.15, 0.2) is 11.2 Å². The SMILES string of the molecule is COc1ccc(S(=O)(=O)N(CCO)CCO[C@H]2C[C@@H](c3coc4ccccc4c3=O)C=C(C(=O)N3CCOCCOCCOCCOCC3)O2)cc1. The molecule has 1 aromatic heterocycles. The van der Waals surface area contributed by atoms with Crippen molar-refractivity contribution in [3.8, 4) is 5.75 Å². The zero-order valence-corrected chi connectivity index (χ0v) is 30.0. The lowest BCUT2D eigenvalue weighted by Gasteiger charge is -2.32. The molecule has 15 nitrogen and oxygen atoms in total. The third-order valence-electron chi connectivity index (χ3n) is 8.48. The lowest BCUT2D eigenvalue weighted by Crippen LogP contribution is -2.41. The first-order valence-electron chi connectivity index (χ1n) is 17.2. The van der Waals surface area contributed by atoms with E-state index in [1.165, 1.54) is 37.6 Å². The summed E-state index contributed by atoms with van der Waals surface area (Å²) in [6.07, 6.45) is 2.08. The van der Waals surface area contributed by atoms with Crippen LogP contribution in [0.15, 0.2) is 80.7 Å². The standard InChI is InChI=1S/C36H46N2O13S/c1-44-28-6-8-29(9-7-28)52(42,43)38(10-14-39)13-17-49-34-25-27(31-26-50-32-5-3-2-4-30(32)35(31)40)24-33(51-34)36(41)37-11-15-45-18-20-47-22-23-48-21-19-46-16-12-37/h2-9,24,26-27,34,39H,10-23,25H2,1H3/t27-,34+/m0/s1. The van der Waals surface area contributed by atoms with Crippen molar-refractivity contribution in [2.75, 3.05) is 99.4 Å². The molecule has 52 heavy (non-hydrogen) atoms. The number of aliphatic hydroxyl groups excluding tert-OH is 1. The van der Waals surface area contributed by atoms with Crippen LogP contribution in [0.25, 0.3) is 11.0 Å². The van der Waals surface area contributed by atoms with Gasteiger partial charge in [0.25, 0.3) is 5.91 Å². The molecule has 3 heterocycles. The van der Waals surface area contributed by atoms with E-state index in [2.05, 4.69) is 0 Å². The number of carbonyl (C=O) groups excluding carboxylic acids is 1. The lowest BCUT2D eigenvalue weighted by atomic mass is 9.93. The molecule has 1 saturated heterocycles. The Balaban J connectivity index is 1.35. The van der Waals surface area contributed by atoms with Gasteiger partial charge in [-0.05, 0) is 42.5 Å². The van der Waals surface area contributed by atoms with Gasteiger partial charge in [0.05, 0.1) is 89.7 Å². The maximum Gasteiger partial charge on any atom is 0.288 e. The second-order valence-electron chi connectivity index (χ2n) is 11.9. The largest absolute Gasteiger partial charge is 0.497 e. The molecule has 1 N–H and O–H groups in total. The Hall–Kier alpha value is -3.87. The maximum atomic E-state index is 14.1. The van der Waals surface area contributed by atoms with E-state index in [0.29, 0.717) is 61.9 Å². The third-order valence-corrected chi connectivity index (χ3v) is 10.4. The number of rotatable bonds is 11. The Morgan fingerprint density at radius 1 is 0.904 bits per heavy atom. The van der Waals surface area contributed by atoms with Crippen LogP contribution >= 0.6 is 0 Å². The number of carbonyl (C=O) groups is 1. The molecule has 1 amide bonds. The summed E-state index contributed by atoms with van der Waals surface area (Å²) in [6.45, 7) is 2.40. The normalized spacial score (nSPS) is 20.1. The van der Waals surface area contributed by atoms with E-state index >= 15 is 0 Å². The fourth-order valence-corrected chi connectivity index (χ4v) is 7.12. The molecule has 0 aliphatic carbocycles. The lowest BCUT2D eigenvalue weighted by molar-refractivity contribution is -0.153. The summed E-state index contributed by atoms with van der Waals surface area (Å²) in [7, 11) is -2.52. The van der Waals surface area contributed by atoms with Gasteiger partial charge in [-0.15, -0.1) is 0 Å². The number of nitrogens with zero attached hydrogens (tertiary/aromatic N) is 2. The number of sulfonamides is 1. The van der Waals surface area contributed by atoms with E-state index in [9.17, 15) is 23.1 Å². The molecule has 2 aromatic carbocycles. The summed E-state index contributed by atoms with van der Waals surface area (Å²) in [6, 6.07) is 12.8. The number of aliphatic hydroxyl groups is 1. The van der Waals surface area contributed by atoms with E-state index in [0.717, 1.165) is 4.31 Å². The van der Waals surface area contributed by atoms with Gasteiger partial charge < -0.3 is 47.6 Å². The van der Waals surface area contributed by atoms with Crippen LogP contribution in [0.3, 0.4) is 0 Å². The van der Waals surface area contributed by atoms with Crippen molar-refractivity contribution in [3.63, 3.8) is 0 Å². The molecule has 0 unspecified atom stereocenters. The van der Waals surface area contributed by atoms with Gasteiger partial charge in [0.1, 0.15) is 11.3 Å². The third kappa shape index (κ3) is 10.6. The number of ether oxygens (including phenoxy) is 7. The van der Waals surface area contributed by atoms with Gasteiger partial charge in [0.2, 0.25) is 16.3 Å². The van der Waals surface area contributed by atoms with E-state index < -0.39 is 34.7 Å². The van der Waals surface area contributed by atoms with Crippen molar-refractivity contribution in [2.24, 2.45) is 0 Å². The fraction of sp³-hybridized carbons (Fsp3) is 0.500. The van der Waals surface area contributed by atoms with Gasteiger partial charge in [-0.25, -0.2) is 8.42 Å². The molecular formula is C36H46N2O13S. The van der Waals surface area contributed by atoms with Crippen LogP contribution in [0.4, 0.5) is 0 Å². The van der Waals surface area contributed by atoms with Crippen LogP contribution in [-0.4, -0.2) is 134 Å². The molecule has 2 aliphatic heterocycles. The Morgan fingerprint density at radius 3 is 2.17 bits per heavy atom. The van der Waals surface area contributed by atoms with Gasteiger partial charge in [0, 0.05) is 44.1 Å². The Kier molecular flexibility index (Phi) is 15.0. The highest BCUT2D eigenvalue weighted by Gasteiger charge is 2.33. The summed E-state index contributed by atoms with van der Waals surface area (Å²) in [5.74, 6) is -0.648. The topological polar surface area (TPSA) is 173 Å². The second kappa shape index (κ2) is 19.8. The molecule has 0 saturated carbocycles. The van der Waals surface area contributed by atoms with E-state index in [4.69, 9.17) is 37.6 Å². The van der Waals surface area contributed by atoms with Crippen molar-refractivity contribution in [3.05, 3.63) is 82.4 Å². The molecule has 2 aliphatic rings. The first kappa shape index (κ1) is 39.3. The zero-order chi connectivity index (χ0) is 36.8. The predicted molar refractivity (Wildman–Crippen MR) is 187 cm³/mol. The van der Waals surface area contributed by atoms with Crippen LogP contribution < -0.4 is 10.2 Å². The summed E-state index contributed by atoms with van der Waals surface area (Å²) in [5.41, 5.74) is 0.486. The molecule has 2 atom stereocenters. The van der Waals surface area contributed by atoms with Crippen LogP contribution in [0.1, 0.15) is 17.9 Å². The molecule has 5 rings (SSSR count). The van der Waals surface area contributed by atoms with Gasteiger partial charge in [-0.1, -0.05) is 12.1 Å². The highest BCUT2D eigenvalue weighted by Crippen LogP contribution is 2.32. The molecule has 0 radical (unpaired) electrons. The number of allylic oxidation sites excluding steroid dienone is 1. The van der Waals surface area contributed by atoms with Crippen LogP contribution in [-0.2, 0) is 43.2 Å². The number of hydrogen-bond donors (Lipinski definition) is 1. The molecule has 1 fully saturated rings. The Labute approximate surface area is 302 Å². The van der Waals surface area contributed by atoms with Crippen molar-refractivity contribution in [2.45, 2.75) is 23.5 Å². The van der Waals surface area contributed by atoms with Gasteiger partial charge >= 0.3 is 0 Å². The average Bonchev–Trinajstić information content (AvgIpc) is 3.17. The van der Waals surface area contributed by atoms with Crippen molar-refractivity contribution < 1.29 is 55.9 Å². The minimum absolute atomic E-state index is 0.0235. The number of amides is 1. The minimum atomic E-state index is -4.00. The van der Waals surface area contributed by atoms with Crippen molar-refractivity contribution in [1.29, 1.82) is 0 Å². The first-order chi connectivity index (χ1) is 25.3. The highest BCUT2D eigenvalue weighted by molar-refractivity contribution is 7.89. The second-order valence-corrected chi connectivity index (χ2v) is 13.8. The first-order valence-corrected chi connectivity index (χ1v) is 18.6. The van der Waals surface area contributed by atoms with Crippen LogP contribution in [0, 0.1) is 0 Å². The summed E-state index contributed by atoms with van der Waals surface area (Å²) in [4.78, 5) is 29.3. The number of para-hydroxylation sites is 1.